The zero-order chi connectivity index (χ0) is 29.2. The minimum absolute atomic E-state index is 0.0605. The number of nitrogens with one attached hydrogen (secondary N) is 3. The van der Waals surface area contributed by atoms with Gasteiger partial charge in [-0.3, -0.25) is 29.2 Å². The Labute approximate surface area is 233 Å². The molecule has 0 unspecified atom stereocenters. The highest BCUT2D eigenvalue weighted by Gasteiger charge is 2.39. The van der Waals surface area contributed by atoms with E-state index in [1.165, 1.54) is 11.9 Å². The number of carbonyl (C=O) groups excluding carboxylic acids is 5. The number of nitrogens with zero attached hydrogens (tertiary/aromatic N) is 2. The molecule has 2 aromatic rings. The second-order valence-electron chi connectivity index (χ2n) is 10.3. The van der Waals surface area contributed by atoms with Crippen LogP contribution in [0.3, 0.4) is 0 Å². The van der Waals surface area contributed by atoms with Gasteiger partial charge in [0.05, 0.1) is 0 Å². The molecule has 1 aliphatic rings. The van der Waals surface area contributed by atoms with Gasteiger partial charge < -0.3 is 25.8 Å². The summed E-state index contributed by atoms with van der Waals surface area (Å²) < 4.78 is 0. The number of H-pyrrole nitrogens is 1. The van der Waals surface area contributed by atoms with Gasteiger partial charge in [-0.05, 0) is 37.3 Å². The van der Waals surface area contributed by atoms with Crippen molar-refractivity contribution < 1.29 is 29.2 Å². The van der Waals surface area contributed by atoms with Crippen molar-refractivity contribution in [1.29, 1.82) is 0 Å². The summed E-state index contributed by atoms with van der Waals surface area (Å²) in [6, 6.07) is 4.46. The third kappa shape index (κ3) is 7.59. The molecular formula is C28H40N6O6. The Bertz CT molecular complexity index is 1210. The largest absolute Gasteiger partial charge is 0.370 e. The first-order chi connectivity index (χ1) is 19.2. The van der Waals surface area contributed by atoms with Crippen LogP contribution in [-0.4, -0.2) is 81.2 Å². The summed E-state index contributed by atoms with van der Waals surface area (Å²) in [7, 11) is 1.45. The van der Waals surface area contributed by atoms with E-state index in [0.717, 1.165) is 35.7 Å². The molecule has 0 spiro atoms. The maximum Gasteiger partial charge on any atom is 0.266 e. The van der Waals surface area contributed by atoms with Gasteiger partial charge in [0.1, 0.15) is 18.1 Å². The number of unbranched alkanes of at least 4 members (excludes halogenated alkanes) is 2. The lowest BCUT2D eigenvalue weighted by atomic mass is 10.0. The van der Waals surface area contributed by atoms with E-state index in [2.05, 4.69) is 10.3 Å². The quantitative estimate of drug-likeness (QED) is 0.133. The second kappa shape index (κ2) is 14.5. The molecular weight excluding hydrogens is 516 g/mol. The number of carbonyl (C=O) groups is 5. The van der Waals surface area contributed by atoms with Crippen molar-refractivity contribution in [3.05, 3.63) is 36.0 Å². The van der Waals surface area contributed by atoms with Gasteiger partial charge in [0.2, 0.25) is 23.6 Å². The minimum Gasteiger partial charge on any atom is -0.370 e. The Morgan fingerprint density at radius 2 is 1.90 bits per heavy atom. The van der Waals surface area contributed by atoms with Crippen molar-refractivity contribution in [2.24, 2.45) is 5.73 Å². The number of amides is 5. The van der Waals surface area contributed by atoms with Crippen molar-refractivity contribution in [2.75, 3.05) is 13.6 Å². The van der Waals surface area contributed by atoms with Crippen LogP contribution in [0.2, 0.25) is 0 Å². The van der Waals surface area contributed by atoms with E-state index in [4.69, 9.17) is 5.73 Å². The molecule has 1 aromatic heterocycles. The van der Waals surface area contributed by atoms with Crippen LogP contribution in [0.5, 0.6) is 0 Å². The molecule has 3 atom stereocenters. The number of primary amides is 1. The molecule has 6 N–H and O–H groups in total. The molecule has 1 aliphatic heterocycles. The van der Waals surface area contributed by atoms with Crippen molar-refractivity contribution in [3.63, 3.8) is 0 Å². The van der Waals surface area contributed by atoms with E-state index in [-0.39, 0.29) is 25.2 Å². The number of para-hydroxylation sites is 1. The van der Waals surface area contributed by atoms with E-state index in [9.17, 15) is 29.2 Å². The number of aromatic amines is 1. The van der Waals surface area contributed by atoms with Gasteiger partial charge in [0.15, 0.2) is 0 Å². The summed E-state index contributed by atoms with van der Waals surface area (Å²) in [5.41, 5.74) is 8.53. The number of rotatable bonds is 14. The number of aromatic nitrogens is 1. The number of hydroxylamine groups is 1. The van der Waals surface area contributed by atoms with E-state index >= 15 is 0 Å². The first-order valence-electron chi connectivity index (χ1n) is 13.8. The van der Waals surface area contributed by atoms with Gasteiger partial charge in [-0.1, -0.05) is 38.0 Å². The molecule has 0 bridgehead atoms. The highest BCUT2D eigenvalue weighted by atomic mass is 16.5. The first kappa shape index (κ1) is 30.6. The Hall–Kier alpha value is -3.93. The summed E-state index contributed by atoms with van der Waals surface area (Å²) >= 11 is 0. The number of nitrogens with two attached hydrogens (primary N) is 1. The predicted octanol–water partition coefficient (Wildman–Crippen LogP) is 1.36. The minimum atomic E-state index is -1.17. The Morgan fingerprint density at radius 1 is 1.15 bits per heavy atom. The highest BCUT2D eigenvalue weighted by molar-refractivity contribution is 5.95. The van der Waals surface area contributed by atoms with E-state index in [1.54, 1.807) is 16.6 Å². The molecule has 12 heteroatoms. The van der Waals surface area contributed by atoms with Crippen molar-refractivity contribution in [3.8, 4) is 0 Å². The van der Waals surface area contributed by atoms with Gasteiger partial charge in [0.25, 0.3) is 5.91 Å². The second-order valence-corrected chi connectivity index (χ2v) is 10.3. The molecule has 12 nitrogen and oxygen atoms in total. The molecule has 2 heterocycles. The zero-order valence-electron chi connectivity index (χ0n) is 23.2. The van der Waals surface area contributed by atoms with Gasteiger partial charge >= 0.3 is 0 Å². The summed E-state index contributed by atoms with van der Waals surface area (Å²) in [5.74, 6) is -2.65. The normalized spacial score (nSPS) is 16.4. The maximum absolute atomic E-state index is 13.6. The molecule has 1 fully saturated rings. The number of likely N-dealkylation sites (tertiary alicyclic amines) is 1. The summed E-state index contributed by atoms with van der Waals surface area (Å²) in [5, 5.41) is 12.8. The fourth-order valence-electron chi connectivity index (χ4n) is 5.24. The average molecular weight is 557 g/mol. The van der Waals surface area contributed by atoms with Crippen LogP contribution in [0.1, 0.15) is 63.9 Å². The van der Waals surface area contributed by atoms with Crippen LogP contribution in [0.25, 0.3) is 10.9 Å². The van der Waals surface area contributed by atoms with Crippen LogP contribution in [-0.2, 0) is 30.4 Å². The smallest absolute Gasteiger partial charge is 0.266 e. The van der Waals surface area contributed by atoms with Gasteiger partial charge in [-0.25, -0.2) is 5.48 Å². The summed E-state index contributed by atoms with van der Waals surface area (Å²) in [4.78, 5) is 70.0. The summed E-state index contributed by atoms with van der Waals surface area (Å²) in [6.07, 6.45) is 5.70. The number of likely N-dealkylation sites (N-methyl/N-ethyl adjacent to an activating group) is 1. The topological polar surface area (TPSA) is 178 Å². The molecule has 1 saturated heterocycles. The van der Waals surface area contributed by atoms with Crippen LogP contribution in [0.15, 0.2) is 30.5 Å². The fraction of sp³-hybridized carbons (Fsp3) is 0.536. The van der Waals surface area contributed by atoms with E-state index in [1.807, 2.05) is 31.2 Å². The van der Waals surface area contributed by atoms with Gasteiger partial charge in [0, 0.05) is 50.0 Å². The Balaban J connectivity index is 1.78. The Kier molecular flexibility index (Phi) is 11.1. The number of hydrogen-bond acceptors (Lipinski definition) is 6. The SMILES string of the molecule is CCCCCC(=O)N1CCC[C@H]1C(=O)N(C)[C@@H](CCC(N)=O)C(=O)N[C@@H](Cc1c[nH]c2ccccc12)C(=O)NO. The average Bonchev–Trinajstić information content (AvgIpc) is 3.59. The third-order valence-corrected chi connectivity index (χ3v) is 7.48. The van der Waals surface area contributed by atoms with Gasteiger partial charge in [-0.2, -0.15) is 0 Å². The molecule has 218 valence electrons. The van der Waals surface area contributed by atoms with Crippen LogP contribution < -0.4 is 16.5 Å². The molecule has 0 radical (unpaired) electrons. The maximum atomic E-state index is 13.6. The standard InChI is InChI=1S/C28H40N6O6/c1-3-4-5-12-25(36)34-15-8-11-23(34)28(39)33(2)22(13-14-24(29)35)27(38)31-21(26(37)32-40)16-18-17-30-20-10-7-6-9-19(18)20/h6-7,9-10,17,21-23,30,40H,3-5,8,11-16H2,1-2H3,(H2,29,35)(H,31,38)(H,32,37)/t21-,22-,23-/m0/s1. The first-order valence-corrected chi connectivity index (χ1v) is 13.8. The molecule has 40 heavy (non-hydrogen) atoms. The molecule has 1 aromatic carbocycles. The monoisotopic (exact) mass is 556 g/mol. The van der Waals surface area contributed by atoms with Crippen molar-refractivity contribution in [1.82, 2.24) is 25.6 Å². The number of hydrogen-bond donors (Lipinski definition) is 5. The van der Waals surface area contributed by atoms with Crippen LogP contribution in [0.4, 0.5) is 0 Å². The molecule has 0 saturated carbocycles. The van der Waals surface area contributed by atoms with Crippen molar-refractivity contribution >= 4 is 40.4 Å². The van der Waals surface area contributed by atoms with Crippen molar-refractivity contribution in [2.45, 2.75) is 82.8 Å². The van der Waals surface area contributed by atoms with Gasteiger partial charge in [-0.15, -0.1) is 0 Å². The summed E-state index contributed by atoms with van der Waals surface area (Å²) in [6.45, 7) is 2.52. The molecule has 3 rings (SSSR count). The van der Waals surface area contributed by atoms with Crippen LogP contribution >= 0.6 is 0 Å². The Morgan fingerprint density at radius 3 is 2.60 bits per heavy atom. The molecule has 5 amide bonds. The lowest BCUT2D eigenvalue weighted by Gasteiger charge is -2.33. The van der Waals surface area contributed by atoms with E-state index < -0.39 is 41.8 Å². The highest BCUT2D eigenvalue weighted by Crippen LogP contribution is 2.23. The fourth-order valence-corrected chi connectivity index (χ4v) is 5.24. The van der Waals surface area contributed by atoms with Crippen LogP contribution in [0, 0.1) is 0 Å². The lowest BCUT2D eigenvalue weighted by molar-refractivity contribution is -0.147. The number of benzene rings is 1. The predicted molar refractivity (Wildman–Crippen MR) is 148 cm³/mol. The lowest BCUT2D eigenvalue weighted by Crippen LogP contribution is -2.57. The van der Waals surface area contributed by atoms with E-state index in [0.29, 0.717) is 25.8 Å². The molecule has 0 aliphatic carbocycles. The zero-order valence-corrected chi connectivity index (χ0v) is 23.2. The number of fused-ring (bicyclic) bond motifs is 1. The third-order valence-electron chi connectivity index (χ3n) is 7.48.